The fourth-order valence-corrected chi connectivity index (χ4v) is 3.75. The van der Waals surface area contributed by atoms with E-state index in [4.69, 9.17) is 11.6 Å². The van der Waals surface area contributed by atoms with Gasteiger partial charge in [0.2, 0.25) is 0 Å². The van der Waals surface area contributed by atoms with Crippen LogP contribution in [0.5, 0.6) is 0 Å². The molecule has 0 radical (unpaired) electrons. The van der Waals surface area contributed by atoms with Gasteiger partial charge < -0.3 is 4.90 Å². The first-order chi connectivity index (χ1) is 12.8. The summed E-state index contributed by atoms with van der Waals surface area (Å²) in [6.07, 6.45) is -2.05. The second-order valence-corrected chi connectivity index (χ2v) is 6.91. The maximum atomic E-state index is 13.3. The minimum Gasteiger partial charge on any atom is -0.307 e. The van der Waals surface area contributed by atoms with E-state index in [1.165, 1.54) is 0 Å². The number of carbonyl (C=O) groups is 1. The monoisotopic (exact) mass is 393 g/mol. The fourth-order valence-electron chi connectivity index (χ4n) is 3.50. The molecular formula is C19H15ClF3N3O. The van der Waals surface area contributed by atoms with Crippen LogP contribution in [0.2, 0.25) is 5.02 Å². The number of alkyl halides is 3. The number of hydrogen-bond donors (Lipinski definition) is 0. The van der Waals surface area contributed by atoms with Gasteiger partial charge in [-0.1, -0.05) is 29.8 Å². The summed E-state index contributed by atoms with van der Waals surface area (Å²) in [6, 6.07) is 8.37. The summed E-state index contributed by atoms with van der Waals surface area (Å²) in [5.41, 5.74) is 1.46. The van der Waals surface area contributed by atoms with Gasteiger partial charge in [-0.25, -0.2) is 4.98 Å². The van der Waals surface area contributed by atoms with Crippen molar-refractivity contribution in [1.29, 1.82) is 0 Å². The number of para-hydroxylation sites is 1. The summed E-state index contributed by atoms with van der Waals surface area (Å²) in [5.74, 6) is -0.387. The van der Waals surface area contributed by atoms with Crippen molar-refractivity contribution in [3.8, 4) is 0 Å². The topological polar surface area (TPSA) is 37.6 Å². The van der Waals surface area contributed by atoms with Crippen LogP contribution in [0.3, 0.4) is 0 Å². The van der Waals surface area contributed by atoms with Crippen LogP contribution in [0.25, 0.3) is 5.65 Å². The molecule has 0 unspecified atom stereocenters. The predicted molar refractivity (Wildman–Crippen MR) is 96.4 cm³/mol. The van der Waals surface area contributed by atoms with E-state index in [9.17, 15) is 18.0 Å². The molecule has 2 aromatic heterocycles. The molecule has 140 valence electrons. The van der Waals surface area contributed by atoms with E-state index in [0.29, 0.717) is 12.2 Å². The summed E-state index contributed by atoms with van der Waals surface area (Å²) in [4.78, 5) is 19.1. The highest BCUT2D eigenvalue weighted by molar-refractivity contribution is 6.33. The molecule has 27 heavy (non-hydrogen) atoms. The van der Waals surface area contributed by atoms with Crippen molar-refractivity contribution in [1.82, 2.24) is 9.38 Å². The highest BCUT2D eigenvalue weighted by Crippen LogP contribution is 2.34. The lowest BCUT2D eigenvalue weighted by atomic mass is 10.0. The number of aromatic nitrogens is 2. The highest BCUT2D eigenvalue weighted by Gasteiger charge is 2.34. The number of anilines is 1. The van der Waals surface area contributed by atoms with Gasteiger partial charge in [-0.15, -0.1) is 0 Å². The molecule has 0 saturated heterocycles. The Morgan fingerprint density at radius 3 is 2.74 bits per heavy atom. The Labute approximate surface area is 158 Å². The number of nitrogens with zero attached hydrogens (tertiary/aromatic N) is 3. The van der Waals surface area contributed by atoms with E-state index in [1.54, 1.807) is 11.8 Å². The van der Waals surface area contributed by atoms with Crippen LogP contribution in [-0.4, -0.2) is 21.8 Å². The third-order valence-electron chi connectivity index (χ3n) is 4.73. The fraction of sp³-hybridized carbons (Fsp3) is 0.263. The van der Waals surface area contributed by atoms with Crippen LogP contribution in [0, 0.1) is 6.92 Å². The second kappa shape index (κ2) is 6.27. The Bertz CT molecular complexity index is 1060. The predicted octanol–water partition coefficient (Wildman–Crippen LogP) is 4.91. The maximum Gasteiger partial charge on any atom is 0.417 e. The number of carbonyl (C=O) groups excluding carboxylic acids is 1. The van der Waals surface area contributed by atoms with Crippen molar-refractivity contribution in [3.05, 3.63) is 64.1 Å². The number of benzene rings is 1. The summed E-state index contributed by atoms with van der Waals surface area (Å²) < 4.78 is 40.8. The van der Waals surface area contributed by atoms with Crippen molar-refractivity contribution in [2.45, 2.75) is 25.9 Å². The Morgan fingerprint density at radius 1 is 1.26 bits per heavy atom. The number of hydrogen-bond acceptors (Lipinski definition) is 2. The molecule has 0 bridgehead atoms. The van der Waals surface area contributed by atoms with Crippen LogP contribution in [-0.2, 0) is 12.6 Å². The molecule has 1 aromatic carbocycles. The number of imidazole rings is 1. The number of fused-ring (bicyclic) bond motifs is 2. The summed E-state index contributed by atoms with van der Waals surface area (Å²) in [6.45, 7) is 2.09. The van der Waals surface area contributed by atoms with E-state index in [-0.39, 0.29) is 22.3 Å². The lowest BCUT2D eigenvalue weighted by molar-refractivity contribution is -0.137. The zero-order valence-corrected chi connectivity index (χ0v) is 15.1. The van der Waals surface area contributed by atoms with Gasteiger partial charge in [0.05, 0.1) is 16.3 Å². The summed E-state index contributed by atoms with van der Waals surface area (Å²) >= 11 is 6.02. The van der Waals surface area contributed by atoms with E-state index in [1.807, 2.05) is 24.3 Å². The number of amides is 1. The molecule has 0 aliphatic carbocycles. The van der Waals surface area contributed by atoms with Crippen LogP contribution in [0.4, 0.5) is 18.9 Å². The molecule has 4 nitrogen and oxygen atoms in total. The van der Waals surface area contributed by atoms with E-state index < -0.39 is 11.7 Å². The molecule has 0 saturated carbocycles. The van der Waals surface area contributed by atoms with Crippen LogP contribution >= 0.6 is 11.6 Å². The Hall–Kier alpha value is -2.54. The molecule has 3 heterocycles. The molecule has 8 heteroatoms. The highest BCUT2D eigenvalue weighted by atomic mass is 35.5. The lowest BCUT2D eigenvalue weighted by Crippen LogP contribution is -2.36. The number of halogens is 4. The summed E-state index contributed by atoms with van der Waals surface area (Å²) in [7, 11) is 0. The van der Waals surface area contributed by atoms with Crippen LogP contribution in [0.15, 0.2) is 36.5 Å². The number of pyridine rings is 1. The molecular weight excluding hydrogens is 379 g/mol. The quantitative estimate of drug-likeness (QED) is 0.589. The standard InChI is InChI=1S/C19H15ClF3N3O/c1-11-16(18(27)25-8-4-6-12-5-2-3-7-15(12)25)26-10-13(19(21,22)23)9-14(20)17(26)24-11/h2-3,5,7,9-10H,4,6,8H2,1H3. The second-order valence-electron chi connectivity index (χ2n) is 6.50. The smallest absolute Gasteiger partial charge is 0.307 e. The minimum atomic E-state index is -4.58. The Morgan fingerprint density at radius 2 is 2.00 bits per heavy atom. The molecule has 1 aliphatic heterocycles. The van der Waals surface area contributed by atoms with Crippen LogP contribution in [0.1, 0.15) is 33.7 Å². The van der Waals surface area contributed by atoms with Gasteiger partial charge in [0.25, 0.3) is 5.91 Å². The zero-order valence-electron chi connectivity index (χ0n) is 14.3. The molecule has 0 N–H and O–H groups in total. The maximum absolute atomic E-state index is 13.3. The summed E-state index contributed by atoms with van der Waals surface area (Å²) in [5, 5.41) is -0.147. The van der Waals surface area contributed by atoms with E-state index in [0.717, 1.165) is 40.8 Å². The first-order valence-corrected chi connectivity index (χ1v) is 8.80. The van der Waals surface area contributed by atoms with Gasteiger partial charge in [0, 0.05) is 18.4 Å². The molecule has 3 aromatic rings. The average molecular weight is 394 g/mol. The zero-order chi connectivity index (χ0) is 19.3. The molecule has 1 amide bonds. The van der Waals surface area contributed by atoms with Gasteiger partial charge in [-0.05, 0) is 37.5 Å². The van der Waals surface area contributed by atoms with Gasteiger partial charge in [0.15, 0.2) is 5.65 Å². The average Bonchev–Trinajstić information content (AvgIpc) is 2.96. The van der Waals surface area contributed by atoms with Crippen molar-refractivity contribution in [2.24, 2.45) is 0 Å². The molecule has 4 rings (SSSR count). The third kappa shape index (κ3) is 2.96. The lowest BCUT2D eigenvalue weighted by Gasteiger charge is -2.29. The minimum absolute atomic E-state index is 0.0923. The first kappa shape index (κ1) is 17.9. The first-order valence-electron chi connectivity index (χ1n) is 8.42. The molecule has 0 atom stereocenters. The normalized spacial score (nSPS) is 14.5. The van der Waals surface area contributed by atoms with Crippen molar-refractivity contribution in [3.63, 3.8) is 0 Å². The Balaban J connectivity index is 1.88. The largest absolute Gasteiger partial charge is 0.417 e. The van der Waals surface area contributed by atoms with Gasteiger partial charge in [-0.2, -0.15) is 13.2 Å². The van der Waals surface area contributed by atoms with Crippen LogP contribution < -0.4 is 4.90 Å². The van der Waals surface area contributed by atoms with Crippen molar-refractivity contribution >= 4 is 28.8 Å². The van der Waals surface area contributed by atoms with Gasteiger partial charge in [-0.3, -0.25) is 9.20 Å². The van der Waals surface area contributed by atoms with E-state index >= 15 is 0 Å². The number of aryl methyl sites for hydroxylation is 2. The van der Waals surface area contributed by atoms with Gasteiger partial charge in [0.1, 0.15) is 5.69 Å². The van der Waals surface area contributed by atoms with Crippen molar-refractivity contribution < 1.29 is 18.0 Å². The third-order valence-corrected chi connectivity index (χ3v) is 5.01. The SMILES string of the molecule is Cc1nc2c(Cl)cc(C(F)(F)F)cn2c1C(=O)N1CCCc2ccccc21. The molecule has 0 spiro atoms. The van der Waals surface area contributed by atoms with E-state index in [2.05, 4.69) is 4.98 Å². The molecule has 0 fully saturated rings. The van der Waals surface area contributed by atoms with Crippen molar-refractivity contribution in [2.75, 3.05) is 11.4 Å². The number of rotatable bonds is 1. The van der Waals surface area contributed by atoms with Gasteiger partial charge >= 0.3 is 6.18 Å². The Kier molecular flexibility index (Phi) is 4.14. The molecule has 1 aliphatic rings.